The quantitative estimate of drug-likeness (QED) is 0.820. The van der Waals surface area contributed by atoms with E-state index in [1.165, 1.54) is 0 Å². The zero-order valence-electron chi connectivity index (χ0n) is 14.3. The number of halogens is 3. The lowest BCUT2D eigenvalue weighted by Crippen LogP contribution is -2.39. The molecule has 10 heteroatoms. The highest BCUT2D eigenvalue weighted by molar-refractivity contribution is 5.78. The molecule has 1 amide bonds. The number of rotatable bonds is 5. The molecule has 7 nitrogen and oxygen atoms in total. The van der Waals surface area contributed by atoms with Crippen LogP contribution in [0.2, 0.25) is 0 Å². The minimum atomic E-state index is -4.60. The first kappa shape index (κ1) is 18.7. The van der Waals surface area contributed by atoms with Crippen molar-refractivity contribution in [3.63, 3.8) is 0 Å². The summed E-state index contributed by atoms with van der Waals surface area (Å²) in [6, 6.07) is -0.0809. The number of amides is 1. The molecule has 2 N–H and O–H groups in total. The Bertz CT molecular complexity index is 652. The van der Waals surface area contributed by atoms with Crippen molar-refractivity contribution in [2.75, 3.05) is 25.6 Å². The van der Waals surface area contributed by atoms with E-state index in [1.54, 1.807) is 7.05 Å². The van der Waals surface area contributed by atoms with E-state index in [0.29, 0.717) is 6.42 Å². The second-order valence-electron chi connectivity index (χ2n) is 6.51. The molecule has 0 bridgehead atoms. The van der Waals surface area contributed by atoms with Gasteiger partial charge in [0.1, 0.15) is 11.7 Å². The maximum absolute atomic E-state index is 13.1. The van der Waals surface area contributed by atoms with Crippen molar-refractivity contribution in [2.24, 2.45) is 5.92 Å². The molecule has 2 heterocycles. The van der Waals surface area contributed by atoms with Crippen LogP contribution in [-0.4, -0.2) is 48.3 Å². The molecule has 3 rings (SSSR count). The molecule has 1 aliphatic carbocycles. The standard InChI is InChI=1S/C16H21F3N4O3/c1-20-13(24)9-3-2-4-10(5-9)22-15-21-6-12(16(17,18)19)14(23-15)26-11-7-25-8-11/h6,9-11H,2-5,7-8H2,1H3,(H,20,24)(H,21,22,23)/t9-,10+/m0/s1. The first-order chi connectivity index (χ1) is 12.4. The minimum absolute atomic E-state index is 0.0288. The highest BCUT2D eigenvalue weighted by atomic mass is 19.4. The second-order valence-corrected chi connectivity index (χ2v) is 6.51. The fourth-order valence-electron chi connectivity index (χ4n) is 3.11. The van der Waals surface area contributed by atoms with Gasteiger partial charge in [0.15, 0.2) is 0 Å². The van der Waals surface area contributed by atoms with Crippen LogP contribution in [0.4, 0.5) is 19.1 Å². The Hall–Kier alpha value is -2.10. The molecule has 1 aliphatic heterocycles. The number of nitrogens with zero attached hydrogens (tertiary/aromatic N) is 2. The third-order valence-corrected chi connectivity index (χ3v) is 4.57. The van der Waals surface area contributed by atoms with E-state index in [-0.39, 0.29) is 37.0 Å². The molecule has 2 fully saturated rings. The third-order valence-electron chi connectivity index (χ3n) is 4.57. The SMILES string of the molecule is CNC(=O)[C@H]1CCC[C@@H](Nc2ncc(C(F)(F)F)c(OC3COC3)n2)C1. The molecule has 144 valence electrons. The van der Waals surface area contributed by atoms with E-state index in [9.17, 15) is 18.0 Å². The minimum Gasteiger partial charge on any atom is -0.469 e. The summed E-state index contributed by atoms with van der Waals surface area (Å²) in [4.78, 5) is 19.5. The Balaban J connectivity index is 1.73. The monoisotopic (exact) mass is 374 g/mol. The first-order valence-corrected chi connectivity index (χ1v) is 8.53. The van der Waals surface area contributed by atoms with E-state index in [2.05, 4.69) is 20.6 Å². The summed E-state index contributed by atoms with van der Waals surface area (Å²) in [6.45, 7) is 0.473. The lowest BCUT2D eigenvalue weighted by Gasteiger charge is -2.29. The van der Waals surface area contributed by atoms with Crippen LogP contribution < -0.4 is 15.4 Å². The van der Waals surface area contributed by atoms with Crippen molar-refractivity contribution < 1.29 is 27.4 Å². The average Bonchev–Trinajstić information content (AvgIpc) is 2.57. The first-order valence-electron chi connectivity index (χ1n) is 8.53. The normalized spacial score (nSPS) is 23.8. The maximum Gasteiger partial charge on any atom is 0.423 e. The summed E-state index contributed by atoms with van der Waals surface area (Å²) in [5.74, 6) is -0.583. The van der Waals surface area contributed by atoms with Gasteiger partial charge in [-0.2, -0.15) is 18.2 Å². The summed E-state index contributed by atoms with van der Waals surface area (Å²) in [5, 5.41) is 5.67. The number of nitrogens with one attached hydrogen (secondary N) is 2. The van der Waals surface area contributed by atoms with Gasteiger partial charge >= 0.3 is 6.18 Å². The zero-order chi connectivity index (χ0) is 18.7. The molecule has 0 radical (unpaired) electrons. The number of aromatic nitrogens is 2. The highest BCUT2D eigenvalue weighted by Crippen LogP contribution is 2.36. The van der Waals surface area contributed by atoms with Gasteiger partial charge in [0, 0.05) is 25.2 Å². The third kappa shape index (κ3) is 4.35. The summed E-state index contributed by atoms with van der Waals surface area (Å²) < 4.78 is 49.6. The Morgan fingerprint density at radius 2 is 2.12 bits per heavy atom. The molecule has 1 saturated carbocycles. The molecule has 0 aromatic carbocycles. The fraction of sp³-hybridized carbons (Fsp3) is 0.688. The second kappa shape index (κ2) is 7.65. The molecule has 0 spiro atoms. The molecule has 2 atom stereocenters. The Morgan fingerprint density at radius 3 is 2.73 bits per heavy atom. The molecule has 1 aromatic heterocycles. The average molecular weight is 374 g/mol. The summed E-state index contributed by atoms with van der Waals surface area (Å²) in [5.41, 5.74) is -1.01. The summed E-state index contributed by atoms with van der Waals surface area (Å²) >= 11 is 0. The van der Waals surface area contributed by atoms with Crippen molar-refractivity contribution in [1.82, 2.24) is 15.3 Å². The van der Waals surface area contributed by atoms with Crippen molar-refractivity contribution in [2.45, 2.75) is 44.0 Å². The van der Waals surface area contributed by atoms with Gasteiger partial charge in [-0.05, 0) is 19.3 Å². The van der Waals surface area contributed by atoms with Crippen LogP contribution in [0, 0.1) is 5.92 Å². The Kier molecular flexibility index (Phi) is 5.49. The molecular weight excluding hydrogens is 353 g/mol. The van der Waals surface area contributed by atoms with Crippen molar-refractivity contribution in [3.05, 3.63) is 11.8 Å². The maximum atomic E-state index is 13.1. The Morgan fingerprint density at radius 1 is 1.35 bits per heavy atom. The van der Waals surface area contributed by atoms with E-state index < -0.39 is 23.7 Å². The number of carbonyl (C=O) groups excluding carboxylic acids is 1. The van der Waals surface area contributed by atoms with Crippen molar-refractivity contribution >= 4 is 11.9 Å². The van der Waals surface area contributed by atoms with Crippen LogP contribution in [0.5, 0.6) is 5.88 Å². The number of carbonyl (C=O) groups is 1. The summed E-state index contributed by atoms with van der Waals surface area (Å²) in [6.07, 6.45) is -1.30. The van der Waals surface area contributed by atoms with E-state index in [1.807, 2.05) is 0 Å². The van der Waals surface area contributed by atoms with Gasteiger partial charge in [-0.3, -0.25) is 4.79 Å². The van der Waals surface area contributed by atoms with Crippen molar-refractivity contribution in [3.8, 4) is 5.88 Å². The van der Waals surface area contributed by atoms with E-state index in [4.69, 9.17) is 9.47 Å². The van der Waals surface area contributed by atoms with Gasteiger partial charge in [-0.15, -0.1) is 0 Å². The lowest BCUT2D eigenvalue weighted by atomic mass is 9.85. The van der Waals surface area contributed by atoms with Crippen molar-refractivity contribution in [1.29, 1.82) is 0 Å². The predicted molar refractivity (Wildman–Crippen MR) is 85.7 cm³/mol. The zero-order valence-corrected chi connectivity index (χ0v) is 14.3. The van der Waals surface area contributed by atoms with Crippen LogP contribution in [-0.2, 0) is 15.7 Å². The molecular formula is C16H21F3N4O3. The Labute approximate surface area is 148 Å². The number of anilines is 1. The fourth-order valence-corrected chi connectivity index (χ4v) is 3.11. The number of ether oxygens (including phenoxy) is 2. The molecule has 1 aromatic rings. The lowest BCUT2D eigenvalue weighted by molar-refractivity contribution is -0.142. The van der Waals surface area contributed by atoms with Gasteiger partial charge in [0.25, 0.3) is 0 Å². The van der Waals surface area contributed by atoms with Crippen LogP contribution in [0.1, 0.15) is 31.2 Å². The molecule has 0 unspecified atom stereocenters. The van der Waals surface area contributed by atoms with E-state index >= 15 is 0 Å². The van der Waals surface area contributed by atoms with Gasteiger partial charge in [0.05, 0.1) is 13.2 Å². The van der Waals surface area contributed by atoms with Gasteiger partial charge in [-0.25, -0.2) is 4.98 Å². The van der Waals surface area contributed by atoms with Crippen LogP contribution in [0.3, 0.4) is 0 Å². The van der Waals surface area contributed by atoms with Gasteiger partial charge < -0.3 is 20.1 Å². The number of hydrogen-bond acceptors (Lipinski definition) is 6. The number of alkyl halides is 3. The smallest absolute Gasteiger partial charge is 0.423 e. The molecule has 2 aliphatic rings. The van der Waals surface area contributed by atoms with E-state index in [0.717, 1.165) is 25.5 Å². The van der Waals surface area contributed by atoms with Crippen LogP contribution >= 0.6 is 0 Å². The predicted octanol–water partition coefficient (Wildman–Crippen LogP) is 1.99. The van der Waals surface area contributed by atoms with Gasteiger partial charge in [-0.1, -0.05) is 6.42 Å². The van der Waals surface area contributed by atoms with Crippen LogP contribution in [0.15, 0.2) is 6.20 Å². The summed E-state index contributed by atoms with van der Waals surface area (Å²) in [7, 11) is 1.59. The largest absolute Gasteiger partial charge is 0.469 e. The topological polar surface area (TPSA) is 85.4 Å². The molecule has 26 heavy (non-hydrogen) atoms. The highest BCUT2D eigenvalue weighted by Gasteiger charge is 2.38. The van der Waals surface area contributed by atoms with Gasteiger partial charge in [0.2, 0.25) is 17.7 Å². The number of hydrogen-bond donors (Lipinski definition) is 2. The van der Waals surface area contributed by atoms with Crippen LogP contribution in [0.25, 0.3) is 0 Å². The molecule has 1 saturated heterocycles.